The molecule has 1 N–H and O–H groups in total. The Morgan fingerprint density at radius 1 is 1.50 bits per heavy atom. The molecule has 0 aliphatic carbocycles. The molecule has 1 rings (SSSR count). The maximum Gasteiger partial charge on any atom is 0.307 e. The lowest BCUT2D eigenvalue weighted by Gasteiger charge is -2.08. The van der Waals surface area contributed by atoms with Crippen molar-refractivity contribution in [3.63, 3.8) is 0 Å². The summed E-state index contributed by atoms with van der Waals surface area (Å²) >= 11 is 5.73. The van der Waals surface area contributed by atoms with E-state index in [4.69, 9.17) is 21.4 Å². The van der Waals surface area contributed by atoms with E-state index in [1.165, 1.54) is 18.2 Å². The van der Waals surface area contributed by atoms with Crippen LogP contribution in [-0.4, -0.2) is 24.1 Å². The van der Waals surface area contributed by atoms with Crippen LogP contribution in [0.25, 0.3) is 0 Å². The topological polar surface area (TPSA) is 46.5 Å². The van der Waals surface area contributed by atoms with Crippen LogP contribution in [-0.2, 0) is 11.2 Å². The maximum atomic E-state index is 11.9. The molecule has 1 aromatic rings. The summed E-state index contributed by atoms with van der Waals surface area (Å²) in [5.41, 5.74) is 0.488. The molecule has 0 saturated carbocycles. The molecule has 0 aliphatic rings. The van der Waals surface area contributed by atoms with E-state index in [2.05, 4.69) is 0 Å². The molecule has 16 heavy (non-hydrogen) atoms. The van der Waals surface area contributed by atoms with Crippen LogP contribution in [0.15, 0.2) is 18.2 Å². The summed E-state index contributed by atoms with van der Waals surface area (Å²) in [6.07, 6.45) is -2.75. The van der Waals surface area contributed by atoms with Crippen LogP contribution in [0.4, 0.5) is 8.78 Å². The molecule has 88 valence electrons. The molecule has 0 saturated heterocycles. The zero-order chi connectivity index (χ0) is 12.1. The molecule has 0 bridgehead atoms. The van der Waals surface area contributed by atoms with Gasteiger partial charge in [-0.15, -0.1) is 0 Å². The predicted molar refractivity (Wildman–Crippen MR) is 54.3 cm³/mol. The van der Waals surface area contributed by atoms with E-state index in [1.54, 1.807) is 0 Å². The van der Waals surface area contributed by atoms with Crippen molar-refractivity contribution < 1.29 is 23.4 Å². The van der Waals surface area contributed by atoms with E-state index in [0.29, 0.717) is 5.56 Å². The third-order valence-electron chi connectivity index (χ3n) is 1.72. The summed E-state index contributed by atoms with van der Waals surface area (Å²) in [5, 5.41) is 8.65. The molecule has 0 aromatic heterocycles. The fraction of sp³-hybridized carbons (Fsp3) is 0.300. The average Bonchev–Trinajstić information content (AvgIpc) is 2.15. The maximum absolute atomic E-state index is 11.9. The zero-order valence-corrected chi connectivity index (χ0v) is 8.88. The first kappa shape index (κ1) is 12.7. The average molecular weight is 251 g/mol. The van der Waals surface area contributed by atoms with Crippen molar-refractivity contribution in [2.75, 3.05) is 6.61 Å². The third kappa shape index (κ3) is 4.02. The predicted octanol–water partition coefficient (Wildman–Crippen LogP) is 2.61. The van der Waals surface area contributed by atoms with Gasteiger partial charge < -0.3 is 9.84 Å². The fourth-order valence-electron chi connectivity index (χ4n) is 1.10. The van der Waals surface area contributed by atoms with Crippen LogP contribution in [0.5, 0.6) is 5.75 Å². The molecule has 0 spiro atoms. The number of ether oxygens (including phenoxy) is 1. The number of hydrogen-bond donors (Lipinski definition) is 1. The first-order chi connectivity index (χ1) is 7.49. The second kappa shape index (κ2) is 5.65. The van der Waals surface area contributed by atoms with E-state index >= 15 is 0 Å². The molecule has 0 amide bonds. The molecule has 0 atom stereocenters. The SMILES string of the molecule is O=C(O)Cc1ccc(OCC(F)F)c(Cl)c1. The van der Waals surface area contributed by atoms with Crippen molar-refractivity contribution in [1.29, 1.82) is 0 Å². The molecular weight excluding hydrogens is 242 g/mol. The van der Waals surface area contributed by atoms with Gasteiger partial charge in [0.1, 0.15) is 12.4 Å². The first-order valence-electron chi connectivity index (χ1n) is 4.40. The van der Waals surface area contributed by atoms with Gasteiger partial charge in [0.2, 0.25) is 0 Å². The molecule has 1 aromatic carbocycles. The summed E-state index contributed by atoms with van der Waals surface area (Å²) in [6.45, 7) is -0.738. The van der Waals surface area contributed by atoms with E-state index in [1.807, 2.05) is 0 Å². The summed E-state index contributed by atoms with van der Waals surface area (Å²) in [4.78, 5) is 10.4. The van der Waals surface area contributed by atoms with Gasteiger partial charge in [0.15, 0.2) is 0 Å². The smallest absolute Gasteiger partial charge is 0.307 e. The Hall–Kier alpha value is -1.36. The van der Waals surface area contributed by atoms with Crippen molar-refractivity contribution >= 4 is 17.6 Å². The Labute approximate surface area is 95.6 Å². The van der Waals surface area contributed by atoms with Gasteiger partial charge in [0.05, 0.1) is 11.4 Å². The van der Waals surface area contributed by atoms with E-state index in [9.17, 15) is 13.6 Å². The summed E-state index contributed by atoms with van der Waals surface area (Å²) in [5.74, 6) is -0.867. The number of benzene rings is 1. The molecular formula is C10H9ClF2O3. The van der Waals surface area contributed by atoms with Crippen LogP contribution in [0.1, 0.15) is 5.56 Å². The number of aliphatic carboxylic acids is 1. The van der Waals surface area contributed by atoms with E-state index in [0.717, 1.165) is 0 Å². The summed E-state index contributed by atoms with van der Waals surface area (Å²) in [6, 6.07) is 4.24. The quantitative estimate of drug-likeness (QED) is 0.874. The lowest BCUT2D eigenvalue weighted by atomic mass is 10.1. The molecule has 0 fully saturated rings. The highest BCUT2D eigenvalue weighted by Gasteiger charge is 2.08. The summed E-state index contributed by atoms with van der Waals surface area (Å²) < 4.78 is 28.4. The van der Waals surface area contributed by atoms with Crippen molar-refractivity contribution in [3.8, 4) is 5.75 Å². The van der Waals surface area contributed by atoms with Gasteiger partial charge in [0, 0.05) is 0 Å². The van der Waals surface area contributed by atoms with Crippen LogP contribution in [0.3, 0.4) is 0 Å². The Morgan fingerprint density at radius 3 is 2.69 bits per heavy atom. The highest BCUT2D eigenvalue weighted by atomic mass is 35.5. The Morgan fingerprint density at radius 2 is 2.19 bits per heavy atom. The fourth-order valence-corrected chi connectivity index (χ4v) is 1.36. The van der Waals surface area contributed by atoms with Gasteiger partial charge in [-0.1, -0.05) is 17.7 Å². The van der Waals surface area contributed by atoms with E-state index in [-0.39, 0.29) is 17.2 Å². The standard InChI is InChI=1S/C10H9ClF2O3/c11-7-3-6(4-10(14)15)1-2-8(7)16-5-9(12)13/h1-3,9H,4-5H2,(H,14,15). The summed E-state index contributed by atoms with van der Waals surface area (Å²) in [7, 11) is 0. The number of rotatable bonds is 5. The van der Waals surface area contributed by atoms with Crippen LogP contribution >= 0.6 is 11.6 Å². The number of carboxylic acid groups (broad SMARTS) is 1. The van der Waals surface area contributed by atoms with Crippen LogP contribution in [0.2, 0.25) is 5.02 Å². The van der Waals surface area contributed by atoms with Gasteiger partial charge in [-0.2, -0.15) is 0 Å². The largest absolute Gasteiger partial charge is 0.486 e. The van der Waals surface area contributed by atoms with Gasteiger partial charge in [-0.3, -0.25) is 4.79 Å². The molecule has 6 heteroatoms. The third-order valence-corrected chi connectivity index (χ3v) is 2.01. The molecule has 0 radical (unpaired) electrons. The molecule has 0 aliphatic heterocycles. The minimum Gasteiger partial charge on any atom is -0.486 e. The van der Waals surface area contributed by atoms with Gasteiger partial charge in [0.25, 0.3) is 6.43 Å². The number of carboxylic acids is 1. The number of alkyl halides is 2. The first-order valence-corrected chi connectivity index (χ1v) is 4.78. The van der Waals surface area contributed by atoms with E-state index < -0.39 is 19.0 Å². The zero-order valence-electron chi connectivity index (χ0n) is 8.12. The van der Waals surface area contributed by atoms with Gasteiger partial charge >= 0.3 is 5.97 Å². The minimum absolute atomic E-state index is 0.121. The highest BCUT2D eigenvalue weighted by Crippen LogP contribution is 2.26. The van der Waals surface area contributed by atoms with Crippen molar-refractivity contribution in [2.45, 2.75) is 12.8 Å². The molecule has 3 nitrogen and oxygen atoms in total. The monoisotopic (exact) mass is 250 g/mol. The number of hydrogen-bond acceptors (Lipinski definition) is 2. The number of carbonyl (C=O) groups is 1. The van der Waals surface area contributed by atoms with Crippen molar-refractivity contribution in [3.05, 3.63) is 28.8 Å². The lowest BCUT2D eigenvalue weighted by molar-refractivity contribution is -0.136. The highest BCUT2D eigenvalue weighted by molar-refractivity contribution is 6.32. The molecule has 0 unspecified atom stereocenters. The Balaban J connectivity index is 2.71. The number of halogens is 3. The van der Waals surface area contributed by atoms with Crippen molar-refractivity contribution in [1.82, 2.24) is 0 Å². The molecule has 0 heterocycles. The normalized spacial score (nSPS) is 10.5. The van der Waals surface area contributed by atoms with Crippen LogP contribution < -0.4 is 4.74 Å². The Kier molecular flexibility index (Phi) is 4.49. The Bertz CT molecular complexity index is 382. The van der Waals surface area contributed by atoms with Crippen molar-refractivity contribution in [2.24, 2.45) is 0 Å². The van der Waals surface area contributed by atoms with Crippen LogP contribution in [0, 0.1) is 0 Å². The van der Waals surface area contributed by atoms with Gasteiger partial charge in [-0.05, 0) is 17.7 Å². The second-order valence-electron chi connectivity index (χ2n) is 3.04. The van der Waals surface area contributed by atoms with Gasteiger partial charge in [-0.25, -0.2) is 8.78 Å². The minimum atomic E-state index is -2.57. The second-order valence-corrected chi connectivity index (χ2v) is 3.44. The lowest BCUT2D eigenvalue weighted by Crippen LogP contribution is -2.07.